The Morgan fingerprint density at radius 1 is 1.10 bits per heavy atom. The molecule has 50 heavy (non-hydrogen) atoms. The summed E-state index contributed by atoms with van der Waals surface area (Å²) in [6, 6.07) is 15.6. The summed E-state index contributed by atoms with van der Waals surface area (Å²) in [4.78, 5) is 26.5. The molecule has 2 fully saturated rings. The van der Waals surface area contributed by atoms with Crippen LogP contribution in [0, 0.1) is 5.82 Å². The number of aromatic nitrogens is 3. The molecule has 4 heterocycles. The first-order chi connectivity index (χ1) is 24.0. The maximum atomic E-state index is 14.2. The molecule has 2 unspecified atom stereocenters. The van der Waals surface area contributed by atoms with Crippen LogP contribution in [-0.4, -0.2) is 74.6 Å². The quantitative estimate of drug-likeness (QED) is 0.141. The van der Waals surface area contributed by atoms with Crippen molar-refractivity contribution < 1.29 is 27.4 Å². The predicted molar refractivity (Wildman–Crippen MR) is 187 cm³/mol. The van der Waals surface area contributed by atoms with Gasteiger partial charge in [0.2, 0.25) is 11.8 Å². The Morgan fingerprint density at radius 3 is 2.62 bits per heavy atom. The fraction of sp³-hybridized carbons (Fsp3) is 0.500. The SMILES string of the molecule is CCCOC(C)Cn1c(CN2CCC(c3cccc(OCc4ccc(Cl)cc4F)n3)CC2)nc2cc(CC(=O)N3CC(F)(F)CC3C)ccc21. The summed E-state index contributed by atoms with van der Waals surface area (Å²) >= 11 is 5.87. The van der Waals surface area contributed by atoms with Crippen molar-refractivity contribution in [2.45, 2.75) is 96.6 Å². The summed E-state index contributed by atoms with van der Waals surface area (Å²) in [6.45, 7) is 9.04. The Labute approximate surface area is 296 Å². The molecule has 0 N–H and O–H groups in total. The highest BCUT2D eigenvalue weighted by molar-refractivity contribution is 6.30. The van der Waals surface area contributed by atoms with E-state index in [2.05, 4.69) is 23.3 Å². The van der Waals surface area contributed by atoms with Crippen molar-refractivity contribution in [2.24, 2.45) is 0 Å². The summed E-state index contributed by atoms with van der Waals surface area (Å²) in [5.41, 5.74) is 3.87. The van der Waals surface area contributed by atoms with E-state index in [-0.39, 0.29) is 37.4 Å². The summed E-state index contributed by atoms with van der Waals surface area (Å²) in [6.07, 6.45) is 2.50. The fourth-order valence-corrected chi connectivity index (χ4v) is 7.19. The fourth-order valence-electron chi connectivity index (χ4n) is 7.03. The number of alkyl halides is 2. The number of halogens is 4. The van der Waals surface area contributed by atoms with Gasteiger partial charge >= 0.3 is 0 Å². The molecule has 1 amide bonds. The van der Waals surface area contributed by atoms with Crippen LogP contribution in [0.15, 0.2) is 54.6 Å². The number of carbonyl (C=O) groups is 1. The molecular weight excluding hydrogens is 667 g/mol. The molecule has 2 aliphatic heterocycles. The molecule has 2 saturated heterocycles. The highest BCUT2D eigenvalue weighted by Crippen LogP contribution is 2.33. The number of likely N-dealkylation sites (tertiary alicyclic amines) is 2. The standard InChI is InChI=1S/C38H45ClF3N5O3/c1-4-16-49-26(3)21-46-34-11-8-27(18-37(48)47-24-38(41,42)20-25(47)2)17-33(34)43-35(46)22-45-14-12-28(13-15-45)32-6-5-7-36(44-32)50-23-29-9-10-30(39)19-31(29)40/h5-11,17,19,25-26,28H,4,12-16,18,20-24H2,1-3H3. The number of carbonyl (C=O) groups excluding carboxylic acids is 1. The van der Waals surface area contributed by atoms with Crippen molar-refractivity contribution in [1.82, 2.24) is 24.3 Å². The van der Waals surface area contributed by atoms with Crippen molar-refractivity contribution in [3.8, 4) is 5.88 Å². The van der Waals surface area contributed by atoms with Gasteiger partial charge in [-0.3, -0.25) is 9.69 Å². The second kappa shape index (κ2) is 15.7. The van der Waals surface area contributed by atoms with Crippen LogP contribution in [-0.2, 0) is 35.6 Å². The topological polar surface area (TPSA) is 72.7 Å². The molecule has 0 aliphatic carbocycles. The number of nitrogens with zero attached hydrogens (tertiary/aromatic N) is 5. The molecule has 0 saturated carbocycles. The predicted octanol–water partition coefficient (Wildman–Crippen LogP) is 7.80. The van der Waals surface area contributed by atoms with Gasteiger partial charge in [0.05, 0.1) is 43.2 Å². The van der Waals surface area contributed by atoms with Gasteiger partial charge in [-0.05, 0) is 82.1 Å². The van der Waals surface area contributed by atoms with Gasteiger partial charge in [0.25, 0.3) is 5.92 Å². The Hall–Kier alpha value is -3.67. The average Bonchev–Trinajstić information content (AvgIpc) is 3.56. The normalized spacial score (nSPS) is 18.9. The number of rotatable bonds is 13. The third-order valence-electron chi connectivity index (χ3n) is 9.65. The van der Waals surface area contributed by atoms with Crippen LogP contribution in [0.4, 0.5) is 13.2 Å². The number of fused-ring (bicyclic) bond motifs is 1. The van der Waals surface area contributed by atoms with Gasteiger partial charge in [-0.15, -0.1) is 0 Å². The largest absolute Gasteiger partial charge is 0.473 e. The second-order valence-corrected chi connectivity index (χ2v) is 14.2. The highest BCUT2D eigenvalue weighted by Gasteiger charge is 2.44. The van der Waals surface area contributed by atoms with E-state index in [9.17, 15) is 18.0 Å². The number of benzene rings is 2. The Balaban J connectivity index is 1.12. The molecule has 8 nitrogen and oxygen atoms in total. The second-order valence-electron chi connectivity index (χ2n) is 13.7. The maximum Gasteiger partial charge on any atom is 0.267 e. The van der Waals surface area contributed by atoms with Crippen LogP contribution >= 0.6 is 11.6 Å². The zero-order chi connectivity index (χ0) is 35.4. The molecule has 0 spiro atoms. The number of ether oxygens (including phenoxy) is 2. The van der Waals surface area contributed by atoms with Crippen molar-refractivity contribution in [3.63, 3.8) is 0 Å². The third kappa shape index (κ3) is 8.79. The number of amides is 1. The molecule has 2 aliphatic rings. The lowest BCUT2D eigenvalue weighted by atomic mass is 9.93. The molecule has 6 rings (SSSR count). The van der Waals surface area contributed by atoms with Crippen LogP contribution in [0.25, 0.3) is 11.0 Å². The molecular formula is C38H45ClF3N5O3. The summed E-state index contributed by atoms with van der Waals surface area (Å²) in [5, 5.41) is 0.342. The van der Waals surface area contributed by atoms with Crippen molar-refractivity contribution >= 4 is 28.5 Å². The third-order valence-corrected chi connectivity index (χ3v) is 9.88. The van der Waals surface area contributed by atoms with E-state index in [1.54, 1.807) is 25.1 Å². The van der Waals surface area contributed by atoms with Crippen LogP contribution in [0.5, 0.6) is 5.88 Å². The van der Waals surface area contributed by atoms with Crippen molar-refractivity contribution in [2.75, 3.05) is 26.2 Å². The van der Waals surface area contributed by atoms with Gasteiger partial charge in [-0.25, -0.2) is 23.1 Å². The lowest BCUT2D eigenvalue weighted by molar-refractivity contribution is -0.132. The lowest BCUT2D eigenvalue weighted by Crippen LogP contribution is -2.36. The van der Waals surface area contributed by atoms with Crippen LogP contribution in [0.3, 0.4) is 0 Å². The van der Waals surface area contributed by atoms with Gasteiger partial charge in [-0.1, -0.05) is 36.7 Å². The number of pyridine rings is 1. The van der Waals surface area contributed by atoms with E-state index in [0.29, 0.717) is 36.2 Å². The first kappa shape index (κ1) is 36.1. The van der Waals surface area contributed by atoms with E-state index >= 15 is 0 Å². The van der Waals surface area contributed by atoms with E-state index < -0.39 is 24.3 Å². The summed E-state index contributed by atoms with van der Waals surface area (Å²) in [7, 11) is 0. The minimum atomic E-state index is -2.84. The molecule has 2 aromatic heterocycles. The minimum Gasteiger partial charge on any atom is -0.473 e. The lowest BCUT2D eigenvalue weighted by Gasteiger charge is -2.31. The molecule has 0 bridgehead atoms. The summed E-state index contributed by atoms with van der Waals surface area (Å²) < 4.78 is 56.2. The molecule has 4 aromatic rings. The Morgan fingerprint density at radius 2 is 1.90 bits per heavy atom. The van der Waals surface area contributed by atoms with Gasteiger partial charge < -0.3 is 18.9 Å². The minimum absolute atomic E-state index is 0.0202. The van der Waals surface area contributed by atoms with Crippen LogP contribution in [0.2, 0.25) is 5.02 Å². The summed E-state index contributed by atoms with van der Waals surface area (Å²) in [5.74, 6) is -1.89. The van der Waals surface area contributed by atoms with E-state index in [0.717, 1.165) is 60.5 Å². The number of piperidine rings is 1. The smallest absolute Gasteiger partial charge is 0.267 e. The molecule has 0 radical (unpaired) electrons. The number of imidazole rings is 1. The van der Waals surface area contributed by atoms with Crippen molar-refractivity contribution in [1.29, 1.82) is 0 Å². The van der Waals surface area contributed by atoms with Crippen molar-refractivity contribution in [3.05, 3.63) is 88.1 Å². The zero-order valence-electron chi connectivity index (χ0n) is 28.9. The van der Waals surface area contributed by atoms with E-state index in [1.165, 1.54) is 11.0 Å². The number of hydrogen-bond donors (Lipinski definition) is 0. The first-order valence-corrected chi connectivity index (χ1v) is 17.9. The van der Waals surface area contributed by atoms with Gasteiger partial charge in [0.1, 0.15) is 18.2 Å². The van der Waals surface area contributed by atoms with E-state index in [1.807, 2.05) is 30.3 Å². The van der Waals surface area contributed by atoms with Crippen LogP contribution < -0.4 is 4.74 Å². The van der Waals surface area contributed by atoms with Crippen LogP contribution in [0.1, 0.15) is 75.0 Å². The first-order valence-electron chi connectivity index (χ1n) is 17.5. The molecule has 268 valence electrons. The highest BCUT2D eigenvalue weighted by atomic mass is 35.5. The molecule has 2 aromatic carbocycles. The monoisotopic (exact) mass is 711 g/mol. The Kier molecular flexibility index (Phi) is 11.3. The van der Waals surface area contributed by atoms with Gasteiger partial charge in [0, 0.05) is 47.3 Å². The maximum absolute atomic E-state index is 14.2. The Bertz CT molecular complexity index is 1790. The average molecular weight is 712 g/mol. The molecule has 2 atom stereocenters. The zero-order valence-corrected chi connectivity index (χ0v) is 29.6. The van der Waals surface area contributed by atoms with Gasteiger partial charge in [0.15, 0.2) is 0 Å². The number of hydrogen-bond acceptors (Lipinski definition) is 6. The van der Waals surface area contributed by atoms with Gasteiger partial charge in [-0.2, -0.15) is 0 Å². The molecule has 12 heteroatoms. The van der Waals surface area contributed by atoms with E-state index in [4.69, 9.17) is 31.0 Å².